The first-order valence-electron chi connectivity index (χ1n) is 6.60. The molecule has 1 aromatic heterocycles. The monoisotopic (exact) mass is 263 g/mol. The third kappa shape index (κ3) is 1.69. The fourth-order valence-electron chi connectivity index (χ4n) is 2.73. The zero-order chi connectivity index (χ0) is 13.5. The van der Waals surface area contributed by atoms with Gasteiger partial charge >= 0.3 is 0 Å². The Balaban J connectivity index is 1.65. The molecule has 3 aromatic rings. The number of H-pyrrole nitrogens is 1. The molecule has 1 N–H and O–H groups in total. The molecule has 98 valence electrons. The molecule has 0 atom stereocenters. The van der Waals surface area contributed by atoms with E-state index in [1.54, 1.807) is 6.33 Å². The molecular formula is C16H13N3O. The minimum atomic E-state index is 0.0673. The Kier molecular flexibility index (Phi) is 2.36. The second-order valence-electron chi connectivity index (χ2n) is 5.06. The van der Waals surface area contributed by atoms with Gasteiger partial charge in [-0.25, -0.2) is 4.98 Å². The summed E-state index contributed by atoms with van der Waals surface area (Å²) in [6.07, 6.45) is 1.64. The summed E-state index contributed by atoms with van der Waals surface area (Å²) in [4.78, 5) is 21.7. The van der Waals surface area contributed by atoms with Crippen LogP contribution in [0.1, 0.15) is 21.5 Å². The fraction of sp³-hybridized carbons (Fsp3) is 0.125. The lowest BCUT2D eigenvalue weighted by Crippen LogP contribution is -2.25. The number of aromatic nitrogens is 2. The number of carbonyl (C=O) groups is 1. The minimum Gasteiger partial charge on any atom is -0.345 e. The van der Waals surface area contributed by atoms with Crippen LogP contribution < -0.4 is 0 Å². The Bertz CT molecular complexity index is 781. The van der Waals surface area contributed by atoms with Gasteiger partial charge in [0.1, 0.15) is 0 Å². The summed E-state index contributed by atoms with van der Waals surface area (Å²) in [5, 5.41) is 0. The number of nitrogens with one attached hydrogen (secondary N) is 1. The summed E-state index contributed by atoms with van der Waals surface area (Å²) < 4.78 is 0. The van der Waals surface area contributed by atoms with Crippen molar-refractivity contribution < 1.29 is 4.79 Å². The maximum atomic E-state index is 12.6. The first kappa shape index (κ1) is 11.2. The Labute approximate surface area is 116 Å². The van der Waals surface area contributed by atoms with Gasteiger partial charge in [0.15, 0.2) is 0 Å². The van der Waals surface area contributed by atoms with Gasteiger partial charge in [0, 0.05) is 18.7 Å². The highest BCUT2D eigenvalue weighted by molar-refractivity contribution is 5.97. The van der Waals surface area contributed by atoms with E-state index in [0.29, 0.717) is 18.7 Å². The van der Waals surface area contributed by atoms with Crippen molar-refractivity contribution in [3.05, 3.63) is 65.5 Å². The number of fused-ring (bicyclic) bond motifs is 2. The summed E-state index contributed by atoms with van der Waals surface area (Å²) in [6, 6.07) is 13.8. The van der Waals surface area contributed by atoms with Gasteiger partial charge in [-0.2, -0.15) is 0 Å². The van der Waals surface area contributed by atoms with Gasteiger partial charge in [0.2, 0.25) is 0 Å². The molecule has 20 heavy (non-hydrogen) atoms. The van der Waals surface area contributed by atoms with E-state index in [9.17, 15) is 4.79 Å². The number of hydrogen-bond donors (Lipinski definition) is 1. The van der Waals surface area contributed by atoms with Crippen LogP contribution in [0.25, 0.3) is 11.0 Å². The van der Waals surface area contributed by atoms with E-state index in [0.717, 1.165) is 11.0 Å². The summed E-state index contributed by atoms with van der Waals surface area (Å²) in [7, 11) is 0. The molecule has 1 aliphatic rings. The molecule has 0 bridgehead atoms. The van der Waals surface area contributed by atoms with Gasteiger partial charge in [0.25, 0.3) is 5.91 Å². The van der Waals surface area contributed by atoms with Crippen molar-refractivity contribution in [2.75, 3.05) is 0 Å². The smallest absolute Gasteiger partial charge is 0.254 e. The van der Waals surface area contributed by atoms with Gasteiger partial charge in [-0.15, -0.1) is 0 Å². The molecule has 0 spiro atoms. The minimum absolute atomic E-state index is 0.0673. The molecule has 0 aliphatic carbocycles. The molecule has 0 saturated heterocycles. The van der Waals surface area contributed by atoms with E-state index in [1.807, 2.05) is 35.2 Å². The van der Waals surface area contributed by atoms with Crippen LogP contribution in [0.3, 0.4) is 0 Å². The lowest BCUT2D eigenvalue weighted by Gasteiger charge is -2.15. The van der Waals surface area contributed by atoms with Crippen molar-refractivity contribution in [2.24, 2.45) is 0 Å². The Morgan fingerprint density at radius 2 is 1.85 bits per heavy atom. The normalized spacial score (nSPS) is 13.7. The van der Waals surface area contributed by atoms with Crippen molar-refractivity contribution >= 4 is 16.9 Å². The van der Waals surface area contributed by atoms with E-state index in [-0.39, 0.29) is 5.91 Å². The Hall–Kier alpha value is -2.62. The zero-order valence-corrected chi connectivity index (χ0v) is 10.8. The summed E-state index contributed by atoms with van der Waals surface area (Å²) >= 11 is 0. The van der Waals surface area contributed by atoms with Crippen molar-refractivity contribution in [1.29, 1.82) is 0 Å². The van der Waals surface area contributed by atoms with Crippen LogP contribution in [-0.2, 0) is 13.1 Å². The number of imidazole rings is 1. The van der Waals surface area contributed by atoms with Crippen LogP contribution >= 0.6 is 0 Å². The topological polar surface area (TPSA) is 49.0 Å². The van der Waals surface area contributed by atoms with Gasteiger partial charge in [-0.05, 0) is 29.3 Å². The maximum Gasteiger partial charge on any atom is 0.254 e. The predicted molar refractivity (Wildman–Crippen MR) is 76.1 cm³/mol. The van der Waals surface area contributed by atoms with E-state index in [4.69, 9.17) is 0 Å². The quantitative estimate of drug-likeness (QED) is 0.734. The molecule has 1 amide bonds. The third-order valence-electron chi connectivity index (χ3n) is 3.80. The first-order chi connectivity index (χ1) is 9.81. The lowest BCUT2D eigenvalue weighted by molar-refractivity contribution is 0.0751. The third-order valence-corrected chi connectivity index (χ3v) is 3.80. The Morgan fingerprint density at radius 3 is 2.60 bits per heavy atom. The lowest BCUT2D eigenvalue weighted by atomic mass is 10.1. The van der Waals surface area contributed by atoms with Crippen LogP contribution in [-0.4, -0.2) is 20.8 Å². The van der Waals surface area contributed by atoms with Crippen LogP contribution in [0, 0.1) is 0 Å². The number of amides is 1. The van der Waals surface area contributed by atoms with Gasteiger partial charge in [-0.3, -0.25) is 4.79 Å². The van der Waals surface area contributed by atoms with Crippen LogP contribution in [0.2, 0.25) is 0 Å². The van der Waals surface area contributed by atoms with Gasteiger partial charge < -0.3 is 9.88 Å². The fourth-order valence-corrected chi connectivity index (χ4v) is 2.73. The summed E-state index contributed by atoms with van der Waals surface area (Å²) in [5.41, 5.74) is 4.96. The molecule has 0 saturated carbocycles. The molecule has 2 aromatic carbocycles. The molecule has 0 fully saturated rings. The van der Waals surface area contributed by atoms with E-state index < -0.39 is 0 Å². The van der Waals surface area contributed by atoms with Gasteiger partial charge in [-0.1, -0.05) is 24.3 Å². The highest BCUT2D eigenvalue weighted by Crippen LogP contribution is 2.24. The second kappa shape index (κ2) is 4.20. The largest absolute Gasteiger partial charge is 0.345 e. The molecule has 2 heterocycles. The average molecular weight is 263 g/mol. The molecule has 4 nitrogen and oxygen atoms in total. The first-order valence-corrected chi connectivity index (χ1v) is 6.60. The summed E-state index contributed by atoms with van der Waals surface area (Å²) in [6.45, 7) is 1.38. The van der Waals surface area contributed by atoms with E-state index in [2.05, 4.69) is 22.1 Å². The number of carbonyl (C=O) groups excluding carboxylic acids is 1. The standard InChI is InChI=1S/C16H13N3O/c20-16(11-5-6-14-15(7-11)18-10-17-14)19-8-12-3-1-2-4-13(12)9-19/h1-7,10H,8-9H2,(H,17,18). The number of rotatable bonds is 1. The highest BCUT2D eigenvalue weighted by atomic mass is 16.2. The molecule has 0 radical (unpaired) electrons. The van der Waals surface area contributed by atoms with E-state index >= 15 is 0 Å². The number of aromatic amines is 1. The molecule has 4 rings (SSSR count). The second-order valence-corrected chi connectivity index (χ2v) is 5.06. The van der Waals surface area contributed by atoms with Gasteiger partial charge in [0.05, 0.1) is 17.4 Å². The predicted octanol–water partition coefficient (Wildman–Crippen LogP) is 2.72. The summed E-state index contributed by atoms with van der Waals surface area (Å²) in [5.74, 6) is 0.0673. The maximum absolute atomic E-state index is 12.6. The van der Waals surface area contributed by atoms with Crippen molar-refractivity contribution in [2.45, 2.75) is 13.1 Å². The highest BCUT2D eigenvalue weighted by Gasteiger charge is 2.23. The van der Waals surface area contributed by atoms with E-state index in [1.165, 1.54) is 11.1 Å². The number of benzene rings is 2. The number of hydrogen-bond acceptors (Lipinski definition) is 2. The van der Waals surface area contributed by atoms with Crippen molar-refractivity contribution in [3.63, 3.8) is 0 Å². The van der Waals surface area contributed by atoms with Crippen LogP contribution in [0.4, 0.5) is 0 Å². The molecular weight excluding hydrogens is 250 g/mol. The van der Waals surface area contributed by atoms with Crippen molar-refractivity contribution in [3.8, 4) is 0 Å². The SMILES string of the molecule is O=C(c1ccc2nc[nH]c2c1)N1Cc2ccccc2C1. The Morgan fingerprint density at radius 1 is 1.10 bits per heavy atom. The molecule has 1 aliphatic heterocycles. The molecule has 4 heteroatoms. The van der Waals surface area contributed by atoms with Crippen molar-refractivity contribution in [1.82, 2.24) is 14.9 Å². The molecule has 0 unspecified atom stereocenters. The average Bonchev–Trinajstić information content (AvgIpc) is 3.11. The number of nitrogens with zero attached hydrogens (tertiary/aromatic N) is 2. The van der Waals surface area contributed by atoms with Crippen LogP contribution in [0.15, 0.2) is 48.8 Å². The van der Waals surface area contributed by atoms with Crippen LogP contribution in [0.5, 0.6) is 0 Å². The zero-order valence-electron chi connectivity index (χ0n) is 10.8.